The third kappa shape index (κ3) is 5.46. The van der Waals surface area contributed by atoms with Crippen molar-refractivity contribution in [3.05, 3.63) is 64.9 Å². The summed E-state index contributed by atoms with van der Waals surface area (Å²) in [7, 11) is 3.28. The van der Waals surface area contributed by atoms with Crippen LogP contribution in [0.1, 0.15) is 11.1 Å². The predicted octanol–water partition coefficient (Wildman–Crippen LogP) is 3.77. The van der Waals surface area contributed by atoms with Gasteiger partial charge in [-0.15, -0.1) is 0 Å². The molecular formula is C19H20ClN5O2. The molecule has 0 radical (unpaired) electrons. The van der Waals surface area contributed by atoms with E-state index in [1.165, 1.54) is 0 Å². The lowest BCUT2D eigenvalue weighted by molar-refractivity contribution is 0.414. The molecule has 3 rings (SSSR count). The predicted molar refractivity (Wildman–Crippen MR) is 105 cm³/mol. The third-order valence-electron chi connectivity index (χ3n) is 3.83. The van der Waals surface area contributed by atoms with Gasteiger partial charge in [0.05, 0.1) is 14.2 Å². The molecule has 3 aromatic rings. The van der Waals surface area contributed by atoms with E-state index < -0.39 is 0 Å². The molecule has 0 spiro atoms. The van der Waals surface area contributed by atoms with Crippen LogP contribution in [0.3, 0.4) is 0 Å². The van der Waals surface area contributed by atoms with Crippen molar-refractivity contribution in [1.29, 1.82) is 0 Å². The highest BCUT2D eigenvalue weighted by Gasteiger charge is 2.05. The Morgan fingerprint density at radius 3 is 1.48 bits per heavy atom. The molecule has 0 saturated heterocycles. The van der Waals surface area contributed by atoms with E-state index >= 15 is 0 Å². The number of nitrogens with one attached hydrogen (secondary N) is 2. The van der Waals surface area contributed by atoms with Crippen molar-refractivity contribution in [2.24, 2.45) is 0 Å². The molecule has 0 saturated carbocycles. The van der Waals surface area contributed by atoms with Gasteiger partial charge in [-0.3, -0.25) is 0 Å². The summed E-state index contributed by atoms with van der Waals surface area (Å²) in [6.07, 6.45) is 0. The second-order valence-electron chi connectivity index (χ2n) is 5.65. The Balaban J connectivity index is 1.60. The lowest BCUT2D eigenvalue weighted by atomic mass is 10.2. The average molecular weight is 386 g/mol. The molecule has 0 fully saturated rings. The van der Waals surface area contributed by atoms with Crippen LogP contribution in [0, 0.1) is 0 Å². The summed E-state index contributed by atoms with van der Waals surface area (Å²) in [5.41, 5.74) is 2.14. The second-order valence-corrected chi connectivity index (χ2v) is 5.99. The first-order valence-corrected chi connectivity index (χ1v) is 8.69. The molecule has 0 amide bonds. The maximum absolute atomic E-state index is 6.02. The van der Waals surface area contributed by atoms with E-state index in [-0.39, 0.29) is 5.28 Å². The molecular weight excluding hydrogens is 366 g/mol. The topological polar surface area (TPSA) is 81.2 Å². The van der Waals surface area contributed by atoms with Crippen LogP contribution in [0.25, 0.3) is 0 Å². The van der Waals surface area contributed by atoms with Gasteiger partial charge >= 0.3 is 0 Å². The maximum Gasteiger partial charge on any atom is 0.229 e. The van der Waals surface area contributed by atoms with Crippen molar-refractivity contribution >= 4 is 23.5 Å². The fraction of sp³-hybridized carbons (Fsp3) is 0.211. The summed E-state index contributed by atoms with van der Waals surface area (Å²) in [5.74, 6) is 2.44. The van der Waals surface area contributed by atoms with Gasteiger partial charge in [0, 0.05) is 13.1 Å². The summed E-state index contributed by atoms with van der Waals surface area (Å²) in [6, 6.07) is 15.5. The number of halogens is 1. The van der Waals surface area contributed by atoms with Gasteiger partial charge in [-0.05, 0) is 47.0 Å². The summed E-state index contributed by atoms with van der Waals surface area (Å²) >= 11 is 6.02. The van der Waals surface area contributed by atoms with Crippen LogP contribution >= 0.6 is 11.6 Å². The largest absolute Gasteiger partial charge is 0.497 e. The number of hydrogen-bond acceptors (Lipinski definition) is 7. The highest BCUT2D eigenvalue weighted by Crippen LogP contribution is 2.15. The molecule has 27 heavy (non-hydrogen) atoms. The monoisotopic (exact) mass is 385 g/mol. The van der Waals surface area contributed by atoms with Crippen molar-refractivity contribution in [3.63, 3.8) is 0 Å². The Hall–Kier alpha value is -3.06. The zero-order chi connectivity index (χ0) is 19.1. The van der Waals surface area contributed by atoms with E-state index in [9.17, 15) is 0 Å². The number of methoxy groups -OCH3 is 2. The fourth-order valence-corrected chi connectivity index (χ4v) is 2.52. The molecule has 0 aliphatic rings. The molecule has 7 nitrogen and oxygen atoms in total. The number of nitrogens with zero attached hydrogens (tertiary/aromatic N) is 3. The van der Waals surface area contributed by atoms with E-state index in [1.807, 2.05) is 48.5 Å². The maximum atomic E-state index is 6.02. The van der Waals surface area contributed by atoms with Crippen molar-refractivity contribution < 1.29 is 9.47 Å². The SMILES string of the molecule is COc1ccc(CNc2nc(Cl)nc(NCc3ccc(OC)cc3)n2)cc1. The highest BCUT2D eigenvalue weighted by molar-refractivity contribution is 6.28. The van der Waals surface area contributed by atoms with Crippen LogP contribution in [0.5, 0.6) is 11.5 Å². The van der Waals surface area contributed by atoms with Gasteiger partial charge in [0.25, 0.3) is 0 Å². The minimum atomic E-state index is 0.125. The van der Waals surface area contributed by atoms with E-state index in [0.29, 0.717) is 25.0 Å². The van der Waals surface area contributed by atoms with Gasteiger partial charge < -0.3 is 20.1 Å². The summed E-state index contributed by atoms with van der Waals surface area (Å²) < 4.78 is 10.3. The first-order valence-electron chi connectivity index (χ1n) is 8.31. The molecule has 1 heterocycles. The van der Waals surface area contributed by atoms with E-state index in [4.69, 9.17) is 21.1 Å². The average Bonchev–Trinajstić information content (AvgIpc) is 2.71. The quantitative estimate of drug-likeness (QED) is 0.610. The van der Waals surface area contributed by atoms with Crippen LogP contribution in [0.2, 0.25) is 5.28 Å². The number of ether oxygens (including phenoxy) is 2. The van der Waals surface area contributed by atoms with Gasteiger partial charge in [-0.1, -0.05) is 24.3 Å². The normalized spacial score (nSPS) is 10.3. The summed E-state index contributed by atoms with van der Waals surface area (Å²) in [6.45, 7) is 1.12. The Morgan fingerprint density at radius 1 is 0.704 bits per heavy atom. The molecule has 0 atom stereocenters. The number of rotatable bonds is 8. The first-order chi connectivity index (χ1) is 13.2. The second kappa shape index (κ2) is 9.05. The van der Waals surface area contributed by atoms with E-state index in [2.05, 4.69) is 25.6 Å². The number of anilines is 2. The molecule has 8 heteroatoms. The standard InChI is InChI=1S/C19H20ClN5O2/c1-26-15-7-3-13(4-8-15)11-21-18-23-17(20)24-19(25-18)22-12-14-5-9-16(27-2)10-6-14/h3-10H,11-12H2,1-2H3,(H2,21,22,23,24,25). The van der Waals surface area contributed by atoms with Crippen molar-refractivity contribution in [3.8, 4) is 11.5 Å². The molecule has 0 aliphatic heterocycles. The Labute approximate surface area is 162 Å². The molecule has 0 aliphatic carbocycles. The van der Waals surface area contributed by atoms with Crippen molar-refractivity contribution in [1.82, 2.24) is 15.0 Å². The zero-order valence-electron chi connectivity index (χ0n) is 15.1. The van der Waals surface area contributed by atoms with Crippen LogP contribution < -0.4 is 20.1 Å². The van der Waals surface area contributed by atoms with Gasteiger partial charge in [0.1, 0.15) is 11.5 Å². The lowest BCUT2D eigenvalue weighted by Crippen LogP contribution is -2.09. The minimum absolute atomic E-state index is 0.125. The smallest absolute Gasteiger partial charge is 0.229 e. The third-order valence-corrected chi connectivity index (χ3v) is 4.00. The van der Waals surface area contributed by atoms with Crippen molar-refractivity contribution in [2.75, 3.05) is 24.9 Å². The van der Waals surface area contributed by atoms with Gasteiger partial charge in [0.2, 0.25) is 17.2 Å². The lowest BCUT2D eigenvalue weighted by Gasteiger charge is -2.09. The molecule has 2 aromatic carbocycles. The Kier molecular flexibility index (Phi) is 6.27. The summed E-state index contributed by atoms with van der Waals surface area (Å²) in [4.78, 5) is 12.6. The van der Waals surface area contributed by atoms with Gasteiger partial charge in [-0.25, -0.2) is 0 Å². The van der Waals surface area contributed by atoms with Crippen LogP contribution in [-0.4, -0.2) is 29.2 Å². The fourth-order valence-electron chi connectivity index (χ4n) is 2.36. The Morgan fingerprint density at radius 2 is 1.11 bits per heavy atom. The molecule has 2 N–H and O–H groups in total. The minimum Gasteiger partial charge on any atom is -0.497 e. The van der Waals surface area contributed by atoms with Crippen LogP contribution in [0.4, 0.5) is 11.9 Å². The summed E-state index contributed by atoms with van der Waals surface area (Å²) in [5, 5.41) is 6.42. The van der Waals surface area contributed by atoms with Crippen LogP contribution in [0.15, 0.2) is 48.5 Å². The van der Waals surface area contributed by atoms with Gasteiger partial charge in [0.15, 0.2) is 0 Å². The Bertz CT molecular complexity index is 803. The number of aromatic nitrogens is 3. The molecule has 0 bridgehead atoms. The van der Waals surface area contributed by atoms with Crippen molar-refractivity contribution in [2.45, 2.75) is 13.1 Å². The highest BCUT2D eigenvalue weighted by atomic mass is 35.5. The number of hydrogen-bond donors (Lipinski definition) is 2. The first kappa shape index (κ1) is 18.7. The molecule has 1 aromatic heterocycles. The van der Waals surface area contributed by atoms with Gasteiger partial charge in [-0.2, -0.15) is 15.0 Å². The number of benzene rings is 2. The van der Waals surface area contributed by atoms with E-state index in [1.54, 1.807) is 14.2 Å². The van der Waals surface area contributed by atoms with Crippen LogP contribution in [-0.2, 0) is 13.1 Å². The molecule has 140 valence electrons. The van der Waals surface area contributed by atoms with E-state index in [0.717, 1.165) is 22.6 Å². The molecule has 0 unspecified atom stereocenters. The zero-order valence-corrected chi connectivity index (χ0v) is 15.8.